The highest BCUT2D eigenvalue weighted by Crippen LogP contribution is 2.18. The van der Waals surface area contributed by atoms with E-state index in [1.165, 1.54) is 12.1 Å². The smallest absolute Gasteiger partial charge is 0.247 e. The molecule has 3 aromatic rings. The summed E-state index contributed by atoms with van der Waals surface area (Å²) in [5.41, 5.74) is 3.00. The van der Waals surface area contributed by atoms with Crippen molar-refractivity contribution in [3.05, 3.63) is 71.4 Å². The van der Waals surface area contributed by atoms with Crippen LogP contribution in [0, 0.1) is 12.7 Å². The van der Waals surface area contributed by atoms with E-state index in [1.54, 1.807) is 12.1 Å². The van der Waals surface area contributed by atoms with Crippen LogP contribution in [0.2, 0.25) is 0 Å². The van der Waals surface area contributed by atoms with E-state index < -0.39 is 0 Å². The van der Waals surface area contributed by atoms with Crippen LogP contribution in [0.3, 0.4) is 0 Å². The fraction of sp³-hybridized carbons (Fsp3) is 0.250. The molecule has 5 nitrogen and oxygen atoms in total. The number of hydrogen-bond acceptors (Lipinski definition) is 4. The van der Waals surface area contributed by atoms with Crippen LogP contribution in [0.1, 0.15) is 23.4 Å². The Balaban J connectivity index is 1.43. The summed E-state index contributed by atoms with van der Waals surface area (Å²) in [5, 5.41) is 10.9. The summed E-state index contributed by atoms with van der Waals surface area (Å²) in [7, 11) is 0. The fourth-order valence-corrected chi connectivity index (χ4v) is 2.47. The Labute approximate surface area is 151 Å². The van der Waals surface area contributed by atoms with E-state index >= 15 is 0 Å². The van der Waals surface area contributed by atoms with E-state index in [4.69, 9.17) is 4.42 Å². The maximum Gasteiger partial charge on any atom is 0.247 e. The van der Waals surface area contributed by atoms with Crippen molar-refractivity contribution in [1.82, 2.24) is 15.5 Å². The van der Waals surface area contributed by atoms with Gasteiger partial charge in [-0.1, -0.05) is 29.8 Å². The molecular weight excluding hydrogens is 333 g/mol. The molecule has 1 heterocycles. The van der Waals surface area contributed by atoms with E-state index in [2.05, 4.69) is 15.5 Å². The number of rotatable bonds is 7. The maximum absolute atomic E-state index is 12.8. The second-order valence-corrected chi connectivity index (χ2v) is 6.09. The molecule has 1 N–H and O–H groups in total. The van der Waals surface area contributed by atoms with Gasteiger partial charge in [0.2, 0.25) is 17.7 Å². The zero-order valence-corrected chi connectivity index (χ0v) is 14.5. The molecule has 0 saturated heterocycles. The first-order valence-corrected chi connectivity index (χ1v) is 8.51. The van der Waals surface area contributed by atoms with Gasteiger partial charge in [0.1, 0.15) is 5.82 Å². The second-order valence-electron chi connectivity index (χ2n) is 6.09. The van der Waals surface area contributed by atoms with Crippen LogP contribution >= 0.6 is 0 Å². The Morgan fingerprint density at radius 3 is 2.50 bits per heavy atom. The van der Waals surface area contributed by atoms with Gasteiger partial charge in [-0.05, 0) is 43.2 Å². The van der Waals surface area contributed by atoms with Crippen LogP contribution in [0.4, 0.5) is 4.39 Å². The summed E-state index contributed by atoms with van der Waals surface area (Å²) in [6.45, 7) is 2.51. The highest BCUT2D eigenvalue weighted by atomic mass is 19.1. The van der Waals surface area contributed by atoms with Crippen molar-refractivity contribution >= 4 is 5.91 Å². The monoisotopic (exact) mass is 353 g/mol. The lowest BCUT2D eigenvalue weighted by Gasteiger charge is -2.04. The molecule has 134 valence electrons. The van der Waals surface area contributed by atoms with Gasteiger partial charge in [0.15, 0.2) is 0 Å². The molecule has 6 heteroatoms. The lowest BCUT2D eigenvalue weighted by Crippen LogP contribution is -2.25. The number of aromatic nitrogens is 2. The van der Waals surface area contributed by atoms with Gasteiger partial charge in [0.25, 0.3) is 0 Å². The van der Waals surface area contributed by atoms with Crippen LogP contribution in [0.25, 0.3) is 11.5 Å². The van der Waals surface area contributed by atoms with Crippen LogP contribution in [-0.2, 0) is 17.6 Å². The predicted molar refractivity (Wildman–Crippen MR) is 95.9 cm³/mol. The molecule has 0 atom stereocenters. The van der Waals surface area contributed by atoms with Gasteiger partial charge in [0.05, 0.1) is 0 Å². The molecule has 0 spiro atoms. The summed E-state index contributed by atoms with van der Waals surface area (Å²) >= 11 is 0. The van der Waals surface area contributed by atoms with E-state index in [-0.39, 0.29) is 18.1 Å². The van der Waals surface area contributed by atoms with Gasteiger partial charge in [0, 0.05) is 24.9 Å². The Hall–Kier alpha value is -3.02. The average molecular weight is 353 g/mol. The van der Waals surface area contributed by atoms with Gasteiger partial charge < -0.3 is 9.73 Å². The molecule has 0 saturated carbocycles. The van der Waals surface area contributed by atoms with Crippen LogP contribution < -0.4 is 5.32 Å². The van der Waals surface area contributed by atoms with Gasteiger partial charge >= 0.3 is 0 Å². The molecule has 0 unspecified atom stereocenters. The van der Waals surface area contributed by atoms with Crippen molar-refractivity contribution < 1.29 is 13.6 Å². The number of nitrogens with zero attached hydrogens (tertiary/aromatic N) is 2. The molecule has 26 heavy (non-hydrogen) atoms. The fourth-order valence-electron chi connectivity index (χ4n) is 2.47. The second kappa shape index (κ2) is 8.38. The molecule has 0 aliphatic heterocycles. The minimum absolute atomic E-state index is 0.0813. The van der Waals surface area contributed by atoms with Crippen molar-refractivity contribution in [2.24, 2.45) is 0 Å². The lowest BCUT2D eigenvalue weighted by molar-refractivity contribution is -0.121. The number of halogens is 1. The number of benzene rings is 2. The molecular formula is C20H20FN3O2. The normalized spacial score (nSPS) is 10.7. The zero-order chi connectivity index (χ0) is 18.4. The minimum Gasteiger partial charge on any atom is -0.421 e. The lowest BCUT2D eigenvalue weighted by atomic mass is 10.1. The maximum atomic E-state index is 12.8. The predicted octanol–water partition coefficient (Wildman–Crippen LogP) is 3.48. The molecule has 0 bridgehead atoms. The number of aryl methyl sites for hydroxylation is 2. The van der Waals surface area contributed by atoms with E-state index in [0.717, 1.165) is 16.7 Å². The summed E-state index contributed by atoms with van der Waals surface area (Å²) in [6, 6.07) is 14.1. The van der Waals surface area contributed by atoms with Crippen LogP contribution in [-0.4, -0.2) is 22.6 Å². The minimum atomic E-state index is -0.262. The van der Waals surface area contributed by atoms with Gasteiger partial charge in [-0.2, -0.15) is 0 Å². The van der Waals surface area contributed by atoms with Crippen molar-refractivity contribution in [3.63, 3.8) is 0 Å². The molecule has 0 radical (unpaired) electrons. The quantitative estimate of drug-likeness (QED) is 0.706. The Bertz CT molecular complexity index is 858. The summed E-state index contributed by atoms with van der Waals surface area (Å²) < 4.78 is 18.4. The van der Waals surface area contributed by atoms with E-state index in [9.17, 15) is 9.18 Å². The third-order valence-electron chi connectivity index (χ3n) is 3.98. The molecule has 1 amide bonds. The van der Waals surface area contributed by atoms with Gasteiger partial charge in [-0.3, -0.25) is 4.79 Å². The first-order chi connectivity index (χ1) is 12.6. The highest BCUT2D eigenvalue weighted by Gasteiger charge is 2.10. The zero-order valence-electron chi connectivity index (χ0n) is 14.5. The van der Waals surface area contributed by atoms with Crippen molar-refractivity contribution in [2.45, 2.75) is 26.2 Å². The summed E-state index contributed by atoms with van der Waals surface area (Å²) in [6.07, 6.45) is 1.32. The Morgan fingerprint density at radius 2 is 1.77 bits per heavy atom. The molecule has 1 aromatic heterocycles. The molecule has 0 aliphatic rings. The summed E-state index contributed by atoms with van der Waals surface area (Å²) in [5.74, 6) is 0.551. The first kappa shape index (κ1) is 17.8. The van der Waals surface area contributed by atoms with Crippen LogP contribution in [0.5, 0.6) is 0 Å². The standard InChI is InChI=1S/C20H20FN3O2/c1-14-2-6-16(7-3-14)20-24-23-19(26-20)11-10-18(25)22-13-12-15-4-8-17(21)9-5-15/h2-9H,10-13H2,1H3,(H,22,25). The molecule has 0 fully saturated rings. The molecule has 2 aromatic carbocycles. The van der Waals surface area contributed by atoms with Crippen molar-refractivity contribution in [3.8, 4) is 11.5 Å². The molecule has 3 rings (SSSR count). The number of carbonyl (C=O) groups excluding carboxylic acids is 1. The first-order valence-electron chi connectivity index (χ1n) is 8.51. The third-order valence-corrected chi connectivity index (χ3v) is 3.98. The third kappa shape index (κ3) is 4.99. The van der Waals surface area contributed by atoms with E-state index in [1.807, 2.05) is 31.2 Å². The largest absolute Gasteiger partial charge is 0.421 e. The number of amides is 1. The van der Waals surface area contributed by atoms with Crippen LogP contribution in [0.15, 0.2) is 52.9 Å². The summed E-state index contributed by atoms with van der Waals surface area (Å²) in [4.78, 5) is 11.9. The topological polar surface area (TPSA) is 68.0 Å². The van der Waals surface area contributed by atoms with Crippen molar-refractivity contribution in [2.75, 3.05) is 6.54 Å². The van der Waals surface area contributed by atoms with Crippen molar-refractivity contribution in [1.29, 1.82) is 0 Å². The van der Waals surface area contributed by atoms with Gasteiger partial charge in [-0.15, -0.1) is 10.2 Å². The Kier molecular flexibility index (Phi) is 5.73. The van der Waals surface area contributed by atoms with E-state index in [0.29, 0.717) is 31.2 Å². The SMILES string of the molecule is Cc1ccc(-c2nnc(CCC(=O)NCCc3ccc(F)cc3)o2)cc1. The number of carbonyl (C=O) groups is 1. The number of hydrogen-bond donors (Lipinski definition) is 1. The molecule has 0 aliphatic carbocycles. The Morgan fingerprint density at radius 1 is 1.04 bits per heavy atom. The number of nitrogens with one attached hydrogen (secondary N) is 1. The average Bonchev–Trinajstić information content (AvgIpc) is 3.11. The highest BCUT2D eigenvalue weighted by molar-refractivity contribution is 5.76. The van der Waals surface area contributed by atoms with Gasteiger partial charge in [-0.25, -0.2) is 4.39 Å².